The maximum atomic E-state index is 12.7. The number of amides is 2. The highest BCUT2D eigenvalue weighted by Gasteiger charge is 2.37. The van der Waals surface area contributed by atoms with Gasteiger partial charge in [0, 0.05) is 51.3 Å². The summed E-state index contributed by atoms with van der Waals surface area (Å²) in [6, 6.07) is 7.41. The topological polar surface area (TPSA) is 55.9 Å². The predicted molar refractivity (Wildman–Crippen MR) is 103 cm³/mol. The maximum Gasteiger partial charge on any atom is 0.243 e. The Hall–Kier alpha value is -1.92. The number of likely N-dealkylation sites (N-methyl/N-ethyl adjacent to an activating group) is 1. The minimum atomic E-state index is -0.413. The van der Waals surface area contributed by atoms with E-state index in [1.165, 1.54) is 0 Å². The van der Waals surface area contributed by atoms with Crippen molar-refractivity contribution in [3.8, 4) is 0 Å². The molecule has 1 N–H and O–H groups in total. The fourth-order valence-corrected chi connectivity index (χ4v) is 3.78. The fraction of sp³-hybridized carbons (Fsp3) is 0.600. The third kappa shape index (κ3) is 4.24. The number of nitrogens with one attached hydrogen (secondary N) is 1. The first-order valence-electron chi connectivity index (χ1n) is 9.68. The zero-order valence-corrected chi connectivity index (χ0v) is 15.9. The number of rotatable bonds is 6. The van der Waals surface area contributed by atoms with Crippen LogP contribution in [-0.4, -0.2) is 74.0 Å². The van der Waals surface area contributed by atoms with Crippen LogP contribution in [0.25, 0.3) is 0 Å². The molecule has 2 heterocycles. The third-order valence-corrected chi connectivity index (χ3v) is 5.40. The molecular weight excluding hydrogens is 328 g/mol. The van der Waals surface area contributed by atoms with Gasteiger partial charge in [-0.3, -0.25) is 14.5 Å². The number of anilines is 1. The molecule has 3 rings (SSSR count). The van der Waals surface area contributed by atoms with E-state index >= 15 is 0 Å². The van der Waals surface area contributed by atoms with E-state index in [0.717, 1.165) is 50.4 Å². The van der Waals surface area contributed by atoms with E-state index in [-0.39, 0.29) is 11.8 Å². The summed E-state index contributed by atoms with van der Waals surface area (Å²) in [5.41, 5.74) is 1.96. The van der Waals surface area contributed by atoms with Gasteiger partial charge >= 0.3 is 0 Å². The minimum Gasteiger partial charge on any atom is -0.354 e. The SMILES string of the molecule is CCC(=O)N1c2ccccc2C[C@@H]1C(=O)NCCCN1CCN(C)CC1. The number of hydrogen-bond donors (Lipinski definition) is 1. The number of piperazine rings is 1. The monoisotopic (exact) mass is 358 g/mol. The molecule has 2 amide bonds. The number of para-hydroxylation sites is 1. The third-order valence-electron chi connectivity index (χ3n) is 5.40. The molecule has 1 atom stereocenters. The van der Waals surface area contributed by atoms with Crippen LogP contribution in [-0.2, 0) is 16.0 Å². The van der Waals surface area contributed by atoms with Crippen LogP contribution in [0.15, 0.2) is 24.3 Å². The molecule has 0 saturated carbocycles. The second kappa shape index (κ2) is 8.64. The standard InChI is InChI=1S/C20H30N4O2/c1-3-19(25)24-17-8-5-4-7-16(17)15-18(24)20(26)21-9-6-10-23-13-11-22(2)12-14-23/h4-5,7-8,18H,3,6,9-15H2,1-2H3,(H,21,26)/t18-/m1/s1. The Kier molecular flexibility index (Phi) is 6.27. The summed E-state index contributed by atoms with van der Waals surface area (Å²) in [4.78, 5) is 31.6. The van der Waals surface area contributed by atoms with Gasteiger partial charge in [0.25, 0.3) is 0 Å². The minimum absolute atomic E-state index is 0.00698. The average molecular weight is 358 g/mol. The molecule has 1 aromatic rings. The van der Waals surface area contributed by atoms with Crippen LogP contribution >= 0.6 is 0 Å². The van der Waals surface area contributed by atoms with Crippen LogP contribution in [0.5, 0.6) is 0 Å². The van der Waals surface area contributed by atoms with Gasteiger partial charge in [0.05, 0.1) is 0 Å². The van der Waals surface area contributed by atoms with Gasteiger partial charge < -0.3 is 15.1 Å². The van der Waals surface area contributed by atoms with Crippen LogP contribution in [0.3, 0.4) is 0 Å². The van der Waals surface area contributed by atoms with Crippen molar-refractivity contribution in [2.45, 2.75) is 32.2 Å². The molecule has 0 unspecified atom stereocenters. The van der Waals surface area contributed by atoms with E-state index in [4.69, 9.17) is 0 Å². The Morgan fingerprint density at radius 1 is 1.15 bits per heavy atom. The highest BCUT2D eigenvalue weighted by atomic mass is 16.2. The number of carbonyl (C=O) groups excluding carboxylic acids is 2. The van der Waals surface area contributed by atoms with E-state index < -0.39 is 6.04 Å². The lowest BCUT2D eigenvalue weighted by Crippen LogP contribution is -2.48. The first-order valence-corrected chi connectivity index (χ1v) is 9.68. The molecule has 0 radical (unpaired) electrons. The van der Waals surface area contributed by atoms with Gasteiger partial charge in [0.15, 0.2) is 0 Å². The molecule has 0 spiro atoms. The molecule has 142 valence electrons. The Morgan fingerprint density at radius 2 is 1.88 bits per heavy atom. The highest BCUT2D eigenvalue weighted by molar-refractivity contribution is 6.03. The summed E-state index contributed by atoms with van der Waals surface area (Å²) >= 11 is 0. The Bertz CT molecular complexity index is 640. The summed E-state index contributed by atoms with van der Waals surface area (Å²) in [6.07, 6.45) is 1.95. The van der Waals surface area contributed by atoms with Gasteiger partial charge in [0.2, 0.25) is 11.8 Å². The lowest BCUT2D eigenvalue weighted by Gasteiger charge is -2.32. The van der Waals surface area contributed by atoms with Gasteiger partial charge in [0.1, 0.15) is 6.04 Å². The molecule has 0 aromatic heterocycles. The van der Waals surface area contributed by atoms with Crippen LogP contribution in [0.1, 0.15) is 25.3 Å². The van der Waals surface area contributed by atoms with Gasteiger partial charge in [-0.25, -0.2) is 0 Å². The van der Waals surface area contributed by atoms with Crippen molar-refractivity contribution in [1.29, 1.82) is 0 Å². The van der Waals surface area contributed by atoms with Crippen LogP contribution < -0.4 is 10.2 Å². The smallest absolute Gasteiger partial charge is 0.243 e. The molecule has 6 heteroatoms. The van der Waals surface area contributed by atoms with Crippen LogP contribution in [0, 0.1) is 0 Å². The molecule has 1 saturated heterocycles. The molecule has 1 aromatic carbocycles. The summed E-state index contributed by atoms with van der Waals surface area (Å²) < 4.78 is 0. The number of nitrogens with zero attached hydrogens (tertiary/aromatic N) is 3. The average Bonchev–Trinajstić information content (AvgIpc) is 3.05. The van der Waals surface area contributed by atoms with E-state index in [9.17, 15) is 9.59 Å². The molecule has 2 aliphatic heterocycles. The zero-order valence-electron chi connectivity index (χ0n) is 15.9. The first kappa shape index (κ1) is 18.9. The fourth-order valence-electron chi connectivity index (χ4n) is 3.78. The zero-order chi connectivity index (χ0) is 18.5. The van der Waals surface area contributed by atoms with E-state index in [2.05, 4.69) is 22.2 Å². The summed E-state index contributed by atoms with van der Waals surface area (Å²) in [7, 11) is 2.15. The summed E-state index contributed by atoms with van der Waals surface area (Å²) in [6.45, 7) is 7.93. The molecule has 26 heavy (non-hydrogen) atoms. The summed E-state index contributed by atoms with van der Waals surface area (Å²) in [5, 5.41) is 3.05. The van der Waals surface area contributed by atoms with Crippen molar-refractivity contribution >= 4 is 17.5 Å². The normalized spacial score (nSPS) is 20.8. The Balaban J connectivity index is 1.50. The van der Waals surface area contributed by atoms with Gasteiger partial charge in [-0.15, -0.1) is 0 Å². The van der Waals surface area contributed by atoms with Crippen molar-refractivity contribution < 1.29 is 9.59 Å². The van der Waals surface area contributed by atoms with Crippen LogP contribution in [0.2, 0.25) is 0 Å². The van der Waals surface area contributed by atoms with E-state index in [1.807, 2.05) is 31.2 Å². The highest BCUT2D eigenvalue weighted by Crippen LogP contribution is 2.32. The largest absolute Gasteiger partial charge is 0.354 e. The van der Waals surface area contributed by atoms with Crippen molar-refractivity contribution in [1.82, 2.24) is 15.1 Å². The Morgan fingerprint density at radius 3 is 2.62 bits per heavy atom. The molecular formula is C20H30N4O2. The van der Waals surface area contributed by atoms with Gasteiger partial charge in [-0.2, -0.15) is 0 Å². The lowest BCUT2D eigenvalue weighted by atomic mass is 10.1. The first-order chi connectivity index (χ1) is 12.6. The second-order valence-electron chi connectivity index (χ2n) is 7.26. The number of fused-ring (bicyclic) bond motifs is 1. The quantitative estimate of drug-likeness (QED) is 0.774. The number of carbonyl (C=O) groups is 2. The van der Waals surface area contributed by atoms with Crippen LogP contribution in [0.4, 0.5) is 5.69 Å². The van der Waals surface area contributed by atoms with E-state index in [1.54, 1.807) is 4.90 Å². The van der Waals surface area contributed by atoms with Crippen molar-refractivity contribution in [3.63, 3.8) is 0 Å². The van der Waals surface area contributed by atoms with Crippen molar-refractivity contribution in [2.24, 2.45) is 0 Å². The van der Waals surface area contributed by atoms with E-state index in [0.29, 0.717) is 19.4 Å². The predicted octanol–water partition coefficient (Wildman–Crippen LogP) is 1.11. The Labute approximate surface area is 156 Å². The van der Waals surface area contributed by atoms with Crippen molar-refractivity contribution in [2.75, 3.05) is 51.2 Å². The maximum absolute atomic E-state index is 12.7. The molecule has 0 aliphatic carbocycles. The van der Waals surface area contributed by atoms with Gasteiger partial charge in [-0.1, -0.05) is 25.1 Å². The number of hydrogen-bond acceptors (Lipinski definition) is 4. The van der Waals surface area contributed by atoms with Gasteiger partial charge in [-0.05, 0) is 31.6 Å². The van der Waals surface area contributed by atoms with Crippen molar-refractivity contribution in [3.05, 3.63) is 29.8 Å². The molecule has 0 bridgehead atoms. The summed E-state index contributed by atoms with van der Waals surface area (Å²) in [5.74, 6) is -0.0334. The molecule has 2 aliphatic rings. The molecule has 6 nitrogen and oxygen atoms in total. The molecule has 1 fully saturated rings. The number of benzene rings is 1. The lowest BCUT2D eigenvalue weighted by molar-refractivity contribution is -0.126. The second-order valence-corrected chi connectivity index (χ2v) is 7.26.